The normalized spacial score (nSPS) is 9.86. The van der Waals surface area contributed by atoms with Gasteiger partial charge in [-0.3, -0.25) is 0 Å². The Morgan fingerprint density at radius 1 is 1.50 bits per heavy atom. The van der Waals surface area contributed by atoms with Gasteiger partial charge < -0.3 is 10.2 Å². The van der Waals surface area contributed by atoms with Gasteiger partial charge in [-0.2, -0.15) is 0 Å². The Morgan fingerprint density at radius 2 is 2.21 bits per heavy atom. The van der Waals surface area contributed by atoms with E-state index in [-0.39, 0.29) is 0 Å². The van der Waals surface area contributed by atoms with Gasteiger partial charge in [-0.1, -0.05) is 6.07 Å². The molecule has 78 valence electrons. The third kappa shape index (κ3) is 3.27. The molecule has 0 saturated carbocycles. The zero-order chi connectivity index (χ0) is 10.4. The van der Waals surface area contributed by atoms with Crippen LogP contribution in [0.1, 0.15) is 18.7 Å². The van der Waals surface area contributed by atoms with E-state index in [1.165, 1.54) is 4.88 Å². The smallest absolute Gasteiger partial charge is 0.169 e. The maximum atomic E-state index is 5.27. The van der Waals surface area contributed by atoms with Gasteiger partial charge in [-0.25, -0.2) is 0 Å². The number of rotatable bonds is 4. The van der Waals surface area contributed by atoms with Gasteiger partial charge in [-0.05, 0) is 37.5 Å². The fraction of sp³-hybridized carbons (Fsp3) is 0.500. The SMILES string of the molecule is CCN(CC)C(=S)NCc1cccs1. The van der Waals surface area contributed by atoms with E-state index in [4.69, 9.17) is 12.2 Å². The minimum atomic E-state index is 0.840. The summed E-state index contributed by atoms with van der Waals surface area (Å²) in [5.74, 6) is 0. The first kappa shape index (κ1) is 11.5. The molecule has 1 aromatic heterocycles. The third-order valence-corrected chi connectivity index (χ3v) is 3.32. The van der Waals surface area contributed by atoms with Gasteiger partial charge in [0.25, 0.3) is 0 Å². The lowest BCUT2D eigenvalue weighted by molar-refractivity contribution is 0.456. The highest BCUT2D eigenvalue weighted by atomic mass is 32.1. The van der Waals surface area contributed by atoms with Crippen LogP contribution < -0.4 is 5.32 Å². The average Bonchev–Trinajstić information content (AvgIpc) is 2.69. The Kier molecular flexibility index (Phi) is 4.90. The van der Waals surface area contributed by atoms with Gasteiger partial charge in [0.15, 0.2) is 5.11 Å². The monoisotopic (exact) mass is 228 g/mol. The maximum absolute atomic E-state index is 5.27. The van der Waals surface area contributed by atoms with Crippen molar-refractivity contribution in [1.82, 2.24) is 10.2 Å². The van der Waals surface area contributed by atoms with Crippen LogP contribution in [-0.2, 0) is 6.54 Å². The zero-order valence-corrected chi connectivity index (χ0v) is 10.3. The molecule has 0 radical (unpaired) electrons. The lowest BCUT2D eigenvalue weighted by Gasteiger charge is -2.22. The molecule has 1 rings (SSSR count). The highest BCUT2D eigenvalue weighted by Gasteiger charge is 2.03. The van der Waals surface area contributed by atoms with E-state index in [2.05, 4.69) is 41.6 Å². The summed E-state index contributed by atoms with van der Waals surface area (Å²) in [5, 5.41) is 6.19. The fourth-order valence-electron chi connectivity index (χ4n) is 1.20. The first-order valence-electron chi connectivity index (χ1n) is 4.83. The number of nitrogens with one attached hydrogen (secondary N) is 1. The van der Waals surface area contributed by atoms with Crippen LogP contribution >= 0.6 is 23.6 Å². The molecule has 1 aromatic rings. The molecule has 0 amide bonds. The van der Waals surface area contributed by atoms with Crippen molar-refractivity contribution in [2.24, 2.45) is 0 Å². The zero-order valence-electron chi connectivity index (χ0n) is 8.62. The first-order chi connectivity index (χ1) is 6.77. The molecule has 0 fully saturated rings. The van der Waals surface area contributed by atoms with Crippen LogP contribution in [0.2, 0.25) is 0 Å². The van der Waals surface area contributed by atoms with Crippen LogP contribution in [0.4, 0.5) is 0 Å². The van der Waals surface area contributed by atoms with Crippen molar-refractivity contribution in [2.75, 3.05) is 13.1 Å². The molecule has 14 heavy (non-hydrogen) atoms. The summed E-state index contributed by atoms with van der Waals surface area (Å²) in [6.45, 7) is 7.00. The Morgan fingerprint density at radius 3 is 2.71 bits per heavy atom. The molecule has 0 aliphatic heterocycles. The summed E-state index contributed by atoms with van der Waals surface area (Å²) in [4.78, 5) is 3.46. The van der Waals surface area contributed by atoms with E-state index in [0.717, 1.165) is 24.7 Å². The summed E-state index contributed by atoms with van der Waals surface area (Å²) in [5.41, 5.74) is 0. The summed E-state index contributed by atoms with van der Waals surface area (Å²) in [7, 11) is 0. The summed E-state index contributed by atoms with van der Waals surface area (Å²) in [6, 6.07) is 4.17. The Bertz CT molecular complexity index is 266. The molecule has 2 nitrogen and oxygen atoms in total. The van der Waals surface area contributed by atoms with Gasteiger partial charge in [0, 0.05) is 18.0 Å². The van der Waals surface area contributed by atoms with E-state index < -0.39 is 0 Å². The van der Waals surface area contributed by atoms with E-state index in [1.807, 2.05) is 0 Å². The van der Waals surface area contributed by atoms with Crippen LogP contribution in [0.15, 0.2) is 17.5 Å². The first-order valence-corrected chi connectivity index (χ1v) is 6.11. The fourth-order valence-corrected chi connectivity index (χ4v) is 2.17. The molecule has 1 N–H and O–H groups in total. The Hall–Kier alpha value is -0.610. The third-order valence-electron chi connectivity index (χ3n) is 2.04. The Labute approximate surface area is 94.9 Å². The molecule has 0 atom stereocenters. The number of thiophene rings is 1. The van der Waals surface area contributed by atoms with E-state index in [1.54, 1.807) is 11.3 Å². The lowest BCUT2D eigenvalue weighted by atomic mass is 10.4. The molecule has 0 aliphatic rings. The molecule has 0 unspecified atom stereocenters. The van der Waals surface area contributed by atoms with Crippen LogP contribution in [0.3, 0.4) is 0 Å². The van der Waals surface area contributed by atoms with Crippen LogP contribution in [0, 0.1) is 0 Å². The van der Waals surface area contributed by atoms with Crippen LogP contribution in [0.5, 0.6) is 0 Å². The predicted octanol–water partition coefficient (Wildman–Crippen LogP) is 2.46. The van der Waals surface area contributed by atoms with E-state index in [0.29, 0.717) is 0 Å². The largest absolute Gasteiger partial charge is 0.358 e. The summed E-state index contributed by atoms with van der Waals surface area (Å²) < 4.78 is 0. The van der Waals surface area contributed by atoms with Crippen LogP contribution in [0.25, 0.3) is 0 Å². The molecular weight excluding hydrogens is 212 g/mol. The molecule has 0 bridgehead atoms. The molecule has 0 saturated heterocycles. The second-order valence-electron chi connectivity index (χ2n) is 2.91. The van der Waals surface area contributed by atoms with Gasteiger partial charge in [0.2, 0.25) is 0 Å². The number of hydrogen-bond donors (Lipinski definition) is 1. The molecular formula is C10H16N2S2. The summed E-state index contributed by atoms with van der Waals surface area (Å²) in [6.07, 6.45) is 0. The molecule has 4 heteroatoms. The topological polar surface area (TPSA) is 15.3 Å². The van der Waals surface area contributed by atoms with Crippen molar-refractivity contribution in [3.8, 4) is 0 Å². The van der Waals surface area contributed by atoms with Gasteiger partial charge in [-0.15, -0.1) is 11.3 Å². The number of thiocarbonyl (C=S) groups is 1. The number of hydrogen-bond acceptors (Lipinski definition) is 2. The van der Waals surface area contributed by atoms with Crippen molar-refractivity contribution < 1.29 is 0 Å². The molecule has 0 aromatic carbocycles. The molecule has 0 aliphatic carbocycles. The van der Waals surface area contributed by atoms with Crippen molar-refractivity contribution in [2.45, 2.75) is 20.4 Å². The van der Waals surface area contributed by atoms with E-state index >= 15 is 0 Å². The number of nitrogens with zero attached hydrogens (tertiary/aromatic N) is 1. The van der Waals surface area contributed by atoms with E-state index in [9.17, 15) is 0 Å². The highest BCUT2D eigenvalue weighted by molar-refractivity contribution is 7.80. The van der Waals surface area contributed by atoms with Crippen molar-refractivity contribution in [1.29, 1.82) is 0 Å². The van der Waals surface area contributed by atoms with Gasteiger partial charge in [0.1, 0.15) is 0 Å². The van der Waals surface area contributed by atoms with Gasteiger partial charge >= 0.3 is 0 Å². The quantitative estimate of drug-likeness (QED) is 0.797. The maximum Gasteiger partial charge on any atom is 0.169 e. The second-order valence-corrected chi connectivity index (χ2v) is 4.33. The predicted molar refractivity (Wildman–Crippen MR) is 66.7 cm³/mol. The van der Waals surface area contributed by atoms with Crippen molar-refractivity contribution in [3.05, 3.63) is 22.4 Å². The highest BCUT2D eigenvalue weighted by Crippen LogP contribution is 2.07. The van der Waals surface area contributed by atoms with Crippen LogP contribution in [-0.4, -0.2) is 23.1 Å². The standard InChI is InChI=1S/C10H16N2S2/c1-3-12(4-2)10(13)11-8-9-6-5-7-14-9/h5-7H,3-4,8H2,1-2H3,(H,11,13). The summed E-state index contributed by atoms with van der Waals surface area (Å²) >= 11 is 7.02. The van der Waals surface area contributed by atoms with Crippen molar-refractivity contribution in [3.63, 3.8) is 0 Å². The second kappa shape index (κ2) is 5.98. The Balaban J connectivity index is 2.34. The van der Waals surface area contributed by atoms with Gasteiger partial charge in [0.05, 0.1) is 6.54 Å². The lowest BCUT2D eigenvalue weighted by Crippen LogP contribution is -2.38. The molecule has 1 heterocycles. The molecule has 0 spiro atoms. The average molecular weight is 228 g/mol. The minimum absolute atomic E-state index is 0.840. The minimum Gasteiger partial charge on any atom is -0.358 e. The van der Waals surface area contributed by atoms with Crippen molar-refractivity contribution >= 4 is 28.7 Å².